The molecule has 0 radical (unpaired) electrons. The Labute approximate surface area is 161 Å². The summed E-state index contributed by atoms with van der Waals surface area (Å²) >= 11 is 0. The van der Waals surface area contributed by atoms with E-state index in [1.807, 2.05) is 13.0 Å². The highest BCUT2D eigenvalue weighted by Gasteiger charge is 2.34. The summed E-state index contributed by atoms with van der Waals surface area (Å²) in [5.41, 5.74) is 6.94. The molecular formula is C18H29FIN3O. The second kappa shape index (κ2) is 10.2. The Hall–Kier alpha value is -0.890. The Balaban J connectivity index is 0.00000288. The molecule has 1 aromatic carbocycles. The number of nitrogens with zero attached hydrogens (tertiary/aromatic N) is 1. The Kier molecular flexibility index (Phi) is 8.97. The number of methoxy groups -OCH3 is 1. The Morgan fingerprint density at radius 2 is 2.08 bits per heavy atom. The first-order valence-corrected chi connectivity index (χ1v) is 8.37. The van der Waals surface area contributed by atoms with Gasteiger partial charge in [-0.25, -0.2) is 4.39 Å². The topological polar surface area (TPSA) is 59.6 Å². The average molecular weight is 449 g/mol. The van der Waals surface area contributed by atoms with Crippen LogP contribution in [0.3, 0.4) is 0 Å². The summed E-state index contributed by atoms with van der Waals surface area (Å²) in [7, 11) is 1.66. The number of halogens is 2. The highest BCUT2D eigenvalue weighted by atomic mass is 127. The van der Waals surface area contributed by atoms with Crippen LogP contribution in [0.2, 0.25) is 0 Å². The molecule has 1 unspecified atom stereocenters. The van der Waals surface area contributed by atoms with E-state index in [1.54, 1.807) is 19.2 Å². The number of rotatable bonds is 6. The second-order valence-corrected chi connectivity index (χ2v) is 6.55. The van der Waals surface area contributed by atoms with Crippen molar-refractivity contribution in [2.24, 2.45) is 10.7 Å². The first-order valence-electron chi connectivity index (χ1n) is 8.37. The van der Waals surface area contributed by atoms with Crippen molar-refractivity contribution < 1.29 is 9.13 Å². The van der Waals surface area contributed by atoms with E-state index in [1.165, 1.54) is 12.5 Å². The van der Waals surface area contributed by atoms with Gasteiger partial charge in [0.05, 0.1) is 13.2 Å². The maximum absolute atomic E-state index is 13.7. The summed E-state index contributed by atoms with van der Waals surface area (Å²) in [6, 6.07) is 7.05. The SMILES string of the molecule is COCC(C)NC(N)=NCC1(c2cccc(F)c2)CCCCC1.I. The predicted molar refractivity (Wildman–Crippen MR) is 108 cm³/mol. The molecule has 1 aliphatic rings. The molecule has 1 atom stereocenters. The first kappa shape index (κ1) is 21.2. The molecule has 0 heterocycles. The molecule has 1 saturated carbocycles. The number of ether oxygens (including phenoxy) is 1. The molecule has 0 aromatic heterocycles. The lowest BCUT2D eigenvalue weighted by molar-refractivity contribution is 0.179. The smallest absolute Gasteiger partial charge is 0.188 e. The summed E-state index contributed by atoms with van der Waals surface area (Å²) in [6.07, 6.45) is 5.60. The van der Waals surface area contributed by atoms with Crippen LogP contribution < -0.4 is 11.1 Å². The van der Waals surface area contributed by atoms with Gasteiger partial charge in [-0.15, -0.1) is 24.0 Å². The minimum atomic E-state index is -0.184. The van der Waals surface area contributed by atoms with E-state index in [0.717, 1.165) is 31.2 Å². The van der Waals surface area contributed by atoms with E-state index in [9.17, 15) is 4.39 Å². The van der Waals surface area contributed by atoms with Crippen LogP contribution in [-0.2, 0) is 10.2 Å². The molecule has 3 N–H and O–H groups in total. The molecular weight excluding hydrogens is 420 g/mol. The molecule has 1 aromatic rings. The number of benzene rings is 1. The average Bonchev–Trinajstić information content (AvgIpc) is 2.54. The van der Waals surface area contributed by atoms with Crippen LogP contribution in [-0.4, -0.2) is 32.3 Å². The van der Waals surface area contributed by atoms with E-state index in [2.05, 4.69) is 10.3 Å². The van der Waals surface area contributed by atoms with Crippen molar-refractivity contribution in [2.75, 3.05) is 20.3 Å². The van der Waals surface area contributed by atoms with Crippen LogP contribution in [0.25, 0.3) is 0 Å². The lowest BCUT2D eigenvalue weighted by Gasteiger charge is -2.36. The first-order chi connectivity index (χ1) is 11.1. The summed E-state index contributed by atoms with van der Waals surface area (Å²) in [5.74, 6) is 0.243. The largest absolute Gasteiger partial charge is 0.383 e. The lowest BCUT2D eigenvalue weighted by Crippen LogP contribution is -2.42. The normalized spacial score (nSPS) is 18.5. The molecule has 0 spiro atoms. The van der Waals surface area contributed by atoms with Gasteiger partial charge >= 0.3 is 0 Å². The molecule has 0 aliphatic heterocycles. The maximum atomic E-state index is 13.7. The van der Waals surface area contributed by atoms with Gasteiger partial charge in [0.25, 0.3) is 0 Å². The van der Waals surface area contributed by atoms with Gasteiger partial charge in [0.15, 0.2) is 5.96 Å². The van der Waals surface area contributed by atoms with Gasteiger partial charge in [0, 0.05) is 18.6 Å². The number of nitrogens with two attached hydrogens (primary N) is 1. The van der Waals surface area contributed by atoms with E-state index in [0.29, 0.717) is 19.1 Å². The van der Waals surface area contributed by atoms with Gasteiger partial charge in [0.1, 0.15) is 5.82 Å². The van der Waals surface area contributed by atoms with Crippen molar-refractivity contribution in [3.8, 4) is 0 Å². The fourth-order valence-corrected chi connectivity index (χ4v) is 3.41. The number of hydrogen-bond donors (Lipinski definition) is 2. The van der Waals surface area contributed by atoms with Crippen molar-refractivity contribution >= 4 is 29.9 Å². The minimum Gasteiger partial charge on any atom is -0.383 e. The van der Waals surface area contributed by atoms with Crippen LogP contribution in [0.4, 0.5) is 4.39 Å². The Morgan fingerprint density at radius 1 is 1.38 bits per heavy atom. The minimum absolute atomic E-state index is 0. The fourth-order valence-electron chi connectivity index (χ4n) is 3.41. The van der Waals surface area contributed by atoms with Crippen LogP contribution >= 0.6 is 24.0 Å². The fraction of sp³-hybridized carbons (Fsp3) is 0.611. The summed E-state index contributed by atoms with van der Waals surface area (Å²) in [4.78, 5) is 4.55. The molecule has 2 rings (SSSR count). The van der Waals surface area contributed by atoms with Gasteiger partial charge in [-0.3, -0.25) is 4.99 Å². The molecule has 6 heteroatoms. The van der Waals surface area contributed by atoms with Crippen LogP contribution in [0.15, 0.2) is 29.3 Å². The van der Waals surface area contributed by atoms with Gasteiger partial charge in [0.2, 0.25) is 0 Å². The Bertz CT molecular complexity index is 533. The maximum Gasteiger partial charge on any atom is 0.188 e. The highest BCUT2D eigenvalue weighted by molar-refractivity contribution is 14.0. The van der Waals surface area contributed by atoms with Gasteiger partial charge in [-0.05, 0) is 37.5 Å². The molecule has 0 bridgehead atoms. The standard InChI is InChI=1S/C18H28FN3O.HI/c1-14(12-23-2)22-17(20)21-13-18(9-4-3-5-10-18)15-7-6-8-16(19)11-15;/h6-8,11,14H,3-5,9-10,12-13H2,1-2H3,(H3,20,21,22);1H. The third-order valence-corrected chi connectivity index (χ3v) is 4.61. The van der Waals surface area contributed by atoms with E-state index in [-0.39, 0.29) is 41.3 Å². The summed E-state index contributed by atoms with van der Waals surface area (Å²) in [5, 5.41) is 3.13. The van der Waals surface area contributed by atoms with Crippen molar-refractivity contribution in [1.82, 2.24) is 5.32 Å². The molecule has 0 saturated heterocycles. The number of hydrogen-bond acceptors (Lipinski definition) is 2. The van der Waals surface area contributed by atoms with Crippen molar-refractivity contribution in [3.05, 3.63) is 35.6 Å². The highest BCUT2D eigenvalue weighted by Crippen LogP contribution is 2.39. The monoisotopic (exact) mass is 449 g/mol. The van der Waals surface area contributed by atoms with E-state index < -0.39 is 0 Å². The quantitative estimate of drug-likeness (QED) is 0.397. The van der Waals surface area contributed by atoms with E-state index in [4.69, 9.17) is 10.5 Å². The van der Waals surface area contributed by atoms with Gasteiger partial charge in [-0.2, -0.15) is 0 Å². The third-order valence-electron chi connectivity index (χ3n) is 4.61. The second-order valence-electron chi connectivity index (χ2n) is 6.55. The zero-order valence-electron chi connectivity index (χ0n) is 14.6. The number of guanidine groups is 1. The number of nitrogens with one attached hydrogen (secondary N) is 1. The van der Waals surface area contributed by atoms with Crippen molar-refractivity contribution in [2.45, 2.75) is 50.5 Å². The molecule has 1 aliphatic carbocycles. The molecule has 0 amide bonds. The molecule has 1 fully saturated rings. The van der Waals surface area contributed by atoms with Crippen LogP contribution in [0.1, 0.15) is 44.6 Å². The third kappa shape index (κ3) is 5.88. The summed E-state index contributed by atoms with van der Waals surface area (Å²) in [6.45, 7) is 3.16. The Morgan fingerprint density at radius 3 is 2.71 bits per heavy atom. The molecule has 4 nitrogen and oxygen atoms in total. The van der Waals surface area contributed by atoms with Crippen LogP contribution in [0, 0.1) is 5.82 Å². The zero-order valence-corrected chi connectivity index (χ0v) is 16.9. The van der Waals surface area contributed by atoms with Crippen molar-refractivity contribution in [1.29, 1.82) is 0 Å². The van der Waals surface area contributed by atoms with Gasteiger partial charge in [-0.1, -0.05) is 31.4 Å². The summed E-state index contributed by atoms with van der Waals surface area (Å²) < 4.78 is 18.7. The lowest BCUT2D eigenvalue weighted by atomic mass is 9.69. The van der Waals surface area contributed by atoms with Crippen molar-refractivity contribution in [3.63, 3.8) is 0 Å². The van der Waals surface area contributed by atoms with Gasteiger partial charge < -0.3 is 15.8 Å². The number of aliphatic imine (C=N–C) groups is 1. The van der Waals surface area contributed by atoms with E-state index >= 15 is 0 Å². The molecule has 136 valence electrons. The molecule has 24 heavy (non-hydrogen) atoms. The predicted octanol–water partition coefficient (Wildman–Crippen LogP) is 3.58. The van der Waals surface area contributed by atoms with Crippen LogP contribution in [0.5, 0.6) is 0 Å². The zero-order chi connectivity index (χ0) is 16.7.